The summed E-state index contributed by atoms with van der Waals surface area (Å²) in [5, 5.41) is 7.28. The number of hydrogen-bond acceptors (Lipinski definition) is 3. The van der Waals surface area contributed by atoms with E-state index >= 15 is 0 Å². The van der Waals surface area contributed by atoms with Crippen molar-refractivity contribution in [3.05, 3.63) is 71.3 Å². The van der Waals surface area contributed by atoms with Gasteiger partial charge in [-0.2, -0.15) is 0 Å². The highest BCUT2D eigenvalue weighted by Gasteiger charge is 2.21. The van der Waals surface area contributed by atoms with Crippen molar-refractivity contribution in [2.75, 3.05) is 6.54 Å². The van der Waals surface area contributed by atoms with Crippen LogP contribution in [0.5, 0.6) is 0 Å². The first-order chi connectivity index (χ1) is 10.7. The zero-order valence-corrected chi connectivity index (χ0v) is 11.9. The molecule has 0 fully saturated rings. The molecule has 0 saturated heterocycles. The van der Waals surface area contributed by atoms with Crippen LogP contribution in [-0.4, -0.2) is 18.4 Å². The summed E-state index contributed by atoms with van der Waals surface area (Å²) in [5.74, 6) is -0.519. The number of rotatable bonds is 5. The third-order valence-corrected chi connectivity index (χ3v) is 3.51. The van der Waals surface area contributed by atoms with Crippen LogP contribution in [-0.2, 0) is 11.4 Å². The van der Waals surface area contributed by atoms with Gasteiger partial charge in [0.25, 0.3) is 0 Å². The van der Waals surface area contributed by atoms with Crippen molar-refractivity contribution in [3.8, 4) is 0 Å². The van der Waals surface area contributed by atoms with Crippen molar-refractivity contribution in [2.45, 2.75) is 19.1 Å². The molecule has 114 valence electrons. The Bertz CT molecular complexity index is 671. The number of hydrogen-bond donors (Lipinski definition) is 1. The number of oxime groups is 1. The summed E-state index contributed by atoms with van der Waals surface area (Å²) < 4.78 is 26.0. The lowest BCUT2D eigenvalue weighted by Gasteiger charge is -2.09. The molecule has 0 radical (unpaired) electrons. The molecule has 0 bridgehead atoms. The van der Waals surface area contributed by atoms with E-state index in [9.17, 15) is 8.78 Å². The fourth-order valence-corrected chi connectivity index (χ4v) is 2.36. The standard InChI is InChI=1S/C17H16F2N2O/c18-14-6-4-12(5-7-14)10-20-11-16-9-17(21-22-16)13-2-1-3-15(19)8-13/h1-8,16,20H,9-11H2/t16-/m0/s1. The molecule has 1 heterocycles. The van der Waals surface area contributed by atoms with Crippen LogP contribution in [0.25, 0.3) is 0 Å². The first-order valence-electron chi connectivity index (χ1n) is 7.14. The summed E-state index contributed by atoms with van der Waals surface area (Å²) in [5.41, 5.74) is 2.51. The predicted molar refractivity (Wildman–Crippen MR) is 80.5 cm³/mol. The highest BCUT2D eigenvalue weighted by Crippen LogP contribution is 2.17. The minimum atomic E-state index is -0.280. The van der Waals surface area contributed by atoms with Gasteiger partial charge < -0.3 is 10.2 Å². The van der Waals surface area contributed by atoms with Gasteiger partial charge in [0.15, 0.2) is 0 Å². The first-order valence-corrected chi connectivity index (χ1v) is 7.14. The van der Waals surface area contributed by atoms with Gasteiger partial charge in [-0.1, -0.05) is 29.4 Å². The molecule has 2 aromatic carbocycles. The zero-order valence-electron chi connectivity index (χ0n) is 11.9. The maximum atomic E-state index is 13.2. The Labute approximate surface area is 127 Å². The van der Waals surface area contributed by atoms with E-state index < -0.39 is 0 Å². The molecular formula is C17H16F2N2O. The van der Waals surface area contributed by atoms with Gasteiger partial charge in [-0.3, -0.25) is 0 Å². The first kappa shape index (κ1) is 14.7. The molecule has 0 amide bonds. The second-order valence-electron chi connectivity index (χ2n) is 5.24. The highest BCUT2D eigenvalue weighted by molar-refractivity contribution is 6.01. The minimum Gasteiger partial charge on any atom is -0.390 e. The monoisotopic (exact) mass is 302 g/mol. The van der Waals surface area contributed by atoms with Crippen LogP contribution in [0.15, 0.2) is 53.7 Å². The molecular weight excluding hydrogens is 286 g/mol. The van der Waals surface area contributed by atoms with Crippen LogP contribution in [0.2, 0.25) is 0 Å². The van der Waals surface area contributed by atoms with Gasteiger partial charge in [0, 0.05) is 25.1 Å². The Balaban J connectivity index is 1.47. The van der Waals surface area contributed by atoms with Crippen molar-refractivity contribution in [2.24, 2.45) is 5.16 Å². The number of halogens is 2. The molecule has 1 aliphatic rings. The van der Waals surface area contributed by atoms with Gasteiger partial charge in [-0.05, 0) is 29.8 Å². The van der Waals surface area contributed by atoms with Crippen LogP contribution in [0.3, 0.4) is 0 Å². The number of nitrogens with one attached hydrogen (secondary N) is 1. The van der Waals surface area contributed by atoms with Gasteiger partial charge in [0.1, 0.15) is 17.7 Å². The fourth-order valence-electron chi connectivity index (χ4n) is 2.36. The Kier molecular flexibility index (Phi) is 4.44. The molecule has 3 nitrogen and oxygen atoms in total. The summed E-state index contributed by atoms with van der Waals surface area (Å²) >= 11 is 0. The van der Waals surface area contributed by atoms with Crippen molar-refractivity contribution in [3.63, 3.8) is 0 Å². The Hall–Kier alpha value is -2.27. The van der Waals surface area contributed by atoms with Gasteiger partial charge in [0.2, 0.25) is 0 Å². The molecule has 1 atom stereocenters. The smallest absolute Gasteiger partial charge is 0.145 e. The van der Waals surface area contributed by atoms with Crippen molar-refractivity contribution in [1.29, 1.82) is 0 Å². The van der Waals surface area contributed by atoms with Crippen molar-refractivity contribution in [1.82, 2.24) is 5.32 Å². The molecule has 1 N–H and O–H groups in total. The average molecular weight is 302 g/mol. The summed E-state index contributed by atoms with van der Waals surface area (Å²) in [7, 11) is 0. The second-order valence-corrected chi connectivity index (χ2v) is 5.24. The topological polar surface area (TPSA) is 33.6 Å². The molecule has 0 spiro atoms. The van der Waals surface area contributed by atoms with E-state index in [0.717, 1.165) is 16.8 Å². The largest absolute Gasteiger partial charge is 0.390 e. The van der Waals surface area contributed by atoms with Crippen LogP contribution in [0.1, 0.15) is 17.5 Å². The molecule has 0 saturated carbocycles. The Morgan fingerprint density at radius 2 is 1.91 bits per heavy atom. The fraction of sp³-hybridized carbons (Fsp3) is 0.235. The van der Waals surface area contributed by atoms with Crippen molar-refractivity contribution < 1.29 is 13.6 Å². The van der Waals surface area contributed by atoms with Crippen molar-refractivity contribution >= 4 is 5.71 Å². The van der Waals surface area contributed by atoms with Gasteiger partial charge in [0.05, 0.1) is 5.71 Å². The van der Waals surface area contributed by atoms with E-state index in [1.807, 2.05) is 6.07 Å². The average Bonchev–Trinajstić information content (AvgIpc) is 2.98. The van der Waals surface area contributed by atoms with E-state index in [4.69, 9.17) is 4.84 Å². The zero-order chi connectivity index (χ0) is 15.4. The van der Waals surface area contributed by atoms with Crippen LogP contribution in [0.4, 0.5) is 8.78 Å². The molecule has 3 rings (SSSR count). The van der Waals surface area contributed by atoms with E-state index in [2.05, 4.69) is 10.5 Å². The summed E-state index contributed by atoms with van der Waals surface area (Å²) in [6.45, 7) is 1.26. The van der Waals surface area contributed by atoms with Gasteiger partial charge in [-0.25, -0.2) is 8.78 Å². The number of nitrogens with zero attached hydrogens (tertiary/aromatic N) is 1. The van der Waals surface area contributed by atoms with E-state index in [-0.39, 0.29) is 17.7 Å². The van der Waals surface area contributed by atoms with Crippen LogP contribution < -0.4 is 5.32 Å². The molecule has 5 heteroatoms. The van der Waals surface area contributed by atoms with Crippen LogP contribution in [0, 0.1) is 11.6 Å². The quantitative estimate of drug-likeness (QED) is 0.920. The number of benzene rings is 2. The van der Waals surface area contributed by atoms with Gasteiger partial charge >= 0.3 is 0 Å². The molecule has 22 heavy (non-hydrogen) atoms. The van der Waals surface area contributed by atoms with Crippen LogP contribution >= 0.6 is 0 Å². The minimum absolute atomic E-state index is 0.0706. The van der Waals surface area contributed by atoms with E-state index in [0.29, 0.717) is 19.5 Å². The highest BCUT2D eigenvalue weighted by atomic mass is 19.1. The normalized spacial score (nSPS) is 17.2. The molecule has 0 aromatic heterocycles. The molecule has 0 unspecified atom stereocenters. The van der Waals surface area contributed by atoms with E-state index in [1.54, 1.807) is 18.2 Å². The Morgan fingerprint density at radius 1 is 1.09 bits per heavy atom. The molecule has 0 aliphatic carbocycles. The third-order valence-electron chi connectivity index (χ3n) is 3.51. The maximum Gasteiger partial charge on any atom is 0.145 e. The maximum absolute atomic E-state index is 13.2. The summed E-state index contributed by atoms with van der Waals surface area (Å²) in [6.07, 6.45) is 0.568. The Morgan fingerprint density at radius 3 is 2.68 bits per heavy atom. The lowest BCUT2D eigenvalue weighted by molar-refractivity contribution is 0.0848. The summed E-state index contributed by atoms with van der Waals surface area (Å²) in [6, 6.07) is 12.7. The third kappa shape index (κ3) is 3.68. The van der Waals surface area contributed by atoms with E-state index in [1.165, 1.54) is 24.3 Å². The molecule has 1 aliphatic heterocycles. The van der Waals surface area contributed by atoms with Gasteiger partial charge in [-0.15, -0.1) is 0 Å². The lowest BCUT2D eigenvalue weighted by Crippen LogP contribution is -2.26. The second kappa shape index (κ2) is 6.66. The molecule has 2 aromatic rings. The SMILES string of the molecule is Fc1ccc(CNC[C@@H]2CC(c3cccc(F)c3)=NO2)cc1. The summed E-state index contributed by atoms with van der Waals surface area (Å²) in [4.78, 5) is 5.36. The predicted octanol–water partition coefficient (Wildman–Crippen LogP) is 3.25. The lowest BCUT2D eigenvalue weighted by atomic mass is 10.0.